The fourth-order valence-electron chi connectivity index (χ4n) is 1.43. The lowest BCUT2D eigenvalue weighted by Crippen LogP contribution is -2.14. The fraction of sp³-hybridized carbons (Fsp3) is 0.222. The van der Waals surface area contributed by atoms with Gasteiger partial charge in [-0.1, -0.05) is 6.07 Å². The van der Waals surface area contributed by atoms with Gasteiger partial charge in [-0.05, 0) is 24.1 Å². The van der Waals surface area contributed by atoms with Crippen LogP contribution in [-0.4, -0.2) is 16.3 Å². The summed E-state index contributed by atoms with van der Waals surface area (Å²) in [6, 6.07) is 5.58. The van der Waals surface area contributed by atoms with Crippen LogP contribution in [-0.2, 0) is 11.2 Å². The van der Waals surface area contributed by atoms with Gasteiger partial charge in [-0.2, -0.15) is 0 Å². The summed E-state index contributed by atoms with van der Waals surface area (Å²) in [5, 5.41) is 8.45. The van der Waals surface area contributed by atoms with Crippen LogP contribution >= 0.6 is 11.8 Å². The van der Waals surface area contributed by atoms with E-state index in [1.54, 1.807) is 0 Å². The second kappa shape index (κ2) is 2.96. The smallest absolute Gasteiger partial charge is 0.317 e. The number of hydrogen-bond acceptors (Lipinski definition) is 3. The third-order valence-electron chi connectivity index (χ3n) is 2.10. The summed E-state index contributed by atoms with van der Waals surface area (Å²) in [5.41, 5.74) is 7.42. The van der Waals surface area contributed by atoms with Gasteiger partial charge in [0.1, 0.15) is 5.25 Å². The minimum Gasteiger partial charge on any atom is -0.480 e. The molecule has 0 radical (unpaired) electrons. The maximum absolute atomic E-state index is 10.7. The van der Waals surface area contributed by atoms with E-state index in [-0.39, 0.29) is 5.25 Å². The van der Waals surface area contributed by atoms with Gasteiger partial charge < -0.3 is 10.8 Å². The molecule has 1 aromatic rings. The van der Waals surface area contributed by atoms with Crippen molar-refractivity contribution < 1.29 is 9.90 Å². The number of carbonyl (C=O) groups is 1. The molecule has 2 rings (SSSR count). The first kappa shape index (κ1) is 8.44. The Balaban J connectivity index is 2.35. The van der Waals surface area contributed by atoms with Crippen molar-refractivity contribution in [3.63, 3.8) is 0 Å². The molecule has 1 aliphatic heterocycles. The number of benzene rings is 1. The van der Waals surface area contributed by atoms with E-state index in [1.165, 1.54) is 11.8 Å². The molecule has 4 heteroatoms. The van der Waals surface area contributed by atoms with Crippen LogP contribution in [0.5, 0.6) is 0 Å². The lowest BCUT2D eigenvalue weighted by molar-refractivity contribution is -0.136. The number of carboxylic acid groups (broad SMARTS) is 1. The van der Waals surface area contributed by atoms with Crippen molar-refractivity contribution in [2.45, 2.75) is 16.6 Å². The SMILES string of the molecule is Nc1cccc2c1CC(C(=O)O)S2. The number of aliphatic carboxylic acids is 1. The van der Waals surface area contributed by atoms with E-state index < -0.39 is 5.97 Å². The first-order valence-corrected chi connectivity index (χ1v) is 4.83. The summed E-state index contributed by atoms with van der Waals surface area (Å²) >= 11 is 1.38. The minimum absolute atomic E-state index is 0.361. The monoisotopic (exact) mass is 195 g/mol. The van der Waals surface area contributed by atoms with Crippen LogP contribution in [0.25, 0.3) is 0 Å². The third kappa shape index (κ3) is 1.37. The Morgan fingerprint density at radius 3 is 3.00 bits per heavy atom. The number of anilines is 1. The molecule has 0 saturated carbocycles. The van der Waals surface area contributed by atoms with Gasteiger partial charge in [0.05, 0.1) is 0 Å². The van der Waals surface area contributed by atoms with Crippen LogP contribution in [0.15, 0.2) is 23.1 Å². The number of fused-ring (bicyclic) bond motifs is 1. The molecule has 3 nitrogen and oxygen atoms in total. The molecule has 0 saturated heterocycles. The van der Waals surface area contributed by atoms with Gasteiger partial charge in [-0.15, -0.1) is 11.8 Å². The Kier molecular flexibility index (Phi) is 1.92. The Bertz CT molecular complexity index is 365. The molecule has 1 unspecified atom stereocenters. The van der Waals surface area contributed by atoms with Crippen molar-refractivity contribution in [1.82, 2.24) is 0 Å². The third-order valence-corrected chi connectivity index (χ3v) is 3.39. The largest absolute Gasteiger partial charge is 0.480 e. The topological polar surface area (TPSA) is 63.3 Å². The summed E-state index contributed by atoms with van der Waals surface area (Å²) in [6.07, 6.45) is 0.544. The highest BCUT2D eigenvalue weighted by molar-refractivity contribution is 8.01. The van der Waals surface area contributed by atoms with Gasteiger partial charge in [0.2, 0.25) is 0 Å². The van der Waals surface area contributed by atoms with Crippen molar-refractivity contribution in [1.29, 1.82) is 0 Å². The van der Waals surface area contributed by atoms with E-state index in [4.69, 9.17) is 10.8 Å². The second-order valence-corrected chi connectivity index (χ2v) is 4.22. The number of hydrogen-bond donors (Lipinski definition) is 2. The molecule has 0 amide bonds. The van der Waals surface area contributed by atoms with Gasteiger partial charge in [-0.25, -0.2) is 0 Å². The zero-order valence-corrected chi connectivity index (χ0v) is 7.67. The molecule has 1 heterocycles. The van der Waals surface area contributed by atoms with Crippen LogP contribution in [0, 0.1) is 0 Å². The van der Waals surface area contributed by atoms with Crippen LogP contribution in [0.3, 0.4) is 0 Å². The minimum atomic E-state index is -0.763. The summed E-state index contributed by atoms with van der Waals surface area (Å²) in [4.78, 5) is 11.7. The molecule has 1 aromatic carbocycles. The van der Waals surface area contributed by atoms with Crippen molar-refractivity contribution in [2.75, 3.05) is 5.73 Å². The van der Waals surface area contributed by atoms with Gasteiger partial charge in [-0.3, -0.25) is 4.79 Å². The highest BCUT2D eigenvalue weighted by atomic mass is 32.2. The maximum atomic E-state index is 10.7. The maximum Gasteiger partial charge on any atom is 0.317 e. The molecule has 68 valence electrons. The molecule has 13 heavy (non-hydrogen) atoms. The Morgan fingerprint density at radius 2 is 2.38 bits per heavy atom. The average Bonchev–Trinajstić information content (AvgIpc) is 2.49. The van der Waals surface area contributed by atoms with Crippen LogP contribution in [0.1, 0.15) is 5.56 Å². The fourth-order valence-corrected chi connectivity index (χ4v) is 2.59. The van der Waals surface area contributed by atoms with Crippen molar-refractivity contribution in [3.05, 3.63) is 23.8 Å². The van der Waals surface area contributed by atoms with Crippen LogP contribution < -0.4 is 5.73 Å². The van der Waals surface area contributed by atoms with Crippen LogP contribution in [0.2, 0.25) is 0 Å². The molecule has 0 spiro atoms. The zero-order valence-electron chi connectivity index (χ0n) is 6.86. The van der Waals surface area contributed by atoms with Crippen molar-refractivity contribution in [2.24, 2.45) is 0 Å². The molecule has 0 fully saturated rings. The zero-order chi connectivity index (χ0) is 9.42. The van der Waals surface area contributed by atoms with E-state index in [2.05, 4.69) is 0 Å². The predicted octanol–water partition coefficient (Wildman–Crippen LogP) is 1.37. The first-order valence-electron chi connectivity index (χ1n) is 3.95. The van der Waals surface area contributed by atoms with Gasteiger partial charge >= 0.3 is 5.97 Å². The van der Waals surface area contributed by atoms with E-state index in [0.717, 1.165) is 10.5 Å². The Hall–Kier alpha value is -1.16. The van der Waals surface area contributed by atoms with Gasteiger partial charge in [0, 0.05) is 10.6 Å². The highest BCUT2D eigenvalue weighted by Gasteiger charge is 2.28. The average molecular weight is 195 g/mol. The van der Waals surface area contributed by atoms with E-state index >= 15 is 0 Å². The predicted molar refractivity (Wildman–Crippen MR) is 51.8 cm³/mol. The normalized spacial score (nSPS) is 19.8. The van der Waals surface area contributed by atoms with E-state index in [9.17, 15) is 4.79 Å². The number of nitrogen functional groups attached to an aromatic ring is 1. The van der Waals surface area contributed by atoms with Crippen LogP contribution in [0.4, 0.5) is 5.69 Å². The summed E-state index contributed by atoms with van der Waals surface area (Å²) in [5.74, 6) is -0.763. The molecule has 1 atom stereocenters. The number of thioether (sulfide) groups is 1. The Morgan fingerprint density at radius 1 is 1.62 bits per heavy atom. The number of carboxylic acids is 1. The molecular formula is C9H9NO2S. The lowest BCUT2D eigenvalue weighted by atomic mass is 10.1. The molecule has 0 aliphatic carbocycles. The highest BCUT2D eigenvalue weighted by Crippen LogP contribution is 2.39. The molecule has 0 bridgehead atoms. The summed E-state index contributed by atoms with van der Waals surface area (Å²) in [6.45, 7) is 0. The molecule has 1 aliphatic rings. The molecule has 0 aromatic heterocycles. The van der Waals surface area contributed by atoms with Crippen molar-refractivity contribution in [3.8, 4) is 0 Å². The van der Waals surface area contributed by atoms with Gasteiger partial charge in [0.25, 0.3) is 0 Å². The molecule has 3 N–H and O–H groups in total. The Labute approximate surface area is 79.9 Å². The first-order chi connectivity index (χ1) is 6.18. The van der Waals surface area contributed by atoms with E-state index in [0.29, 0.717) is 12.1 Å². The second-order valence-electron chi connectivity index (χ2n) is 2.97. The summed E-state index contributed by atoms with van der Waals surface area (Å²) in [7, 11) is 0. The lowest BCUT2D eigenvalue weighted by Gasteiger charge is -1.99. The van der Waals surface area contributed by atoms with Gasteiger partial charge in [0.15, 0.2) is 0 Å². The quantitative estimate of drug-likeness (QED) is 0.664. The van der Waals surface area contributed by atoms with Crippen molar-refractivity contribution >= 4 is 23.4 Å². The standard InChI is InChI=1S/C9H9NO2S/c10-6-2-1-3-7-5(6)4-8(13-7)9(11)12/h1-3,8H,4,10H2,(H,11,12). The molecular weight excluding hydrogens is 186 g/mol. The van der Waals surface area contributed by atoms with E-state index in [1.807, 2.05) is 18.2 Å². The number of nitrogens with two attached hydrogens (primary N) is 1. The summed E-state index contributed by atoms with van der Waals surface area (Å²) < 4.78 is 0. The number of rotatable bonds is 1.